The first kappa shape index (κ1) is 15.6. The first-order valence-electron chi connectivity index (χ1n) is 6.01. The molecule has 0 radical (unpaired) electrons. The van der Waals surface area contributed by atoms with Crippen LogP contribution in [0.15, 0.2) is 41.0 Å². The Kier molecular flexibility index (Phi) is 4.71. The topological polar surface area (TPSA) is 79.5 Å². The first-order chi connectivity index (χ1) is 9.89. The van der Waals surface area contributed by atoms with Gasteiger partial charge in [-0.25, -0.2) is 21.9 Å². The van der Waals surface area contributed by atoms with Crippen molar-refractivity contribution in [3.63, 3.8) is 0 Å². The fourth-order valence-electron chi connectivity index (χ4n) is 1.70. The van der Waals surface area contributed by atoms with E-state index < -0.39 is 39.1 Å². The Labute approximate surface area is 120 Å². The largest absolute Gasteiger partial charge is 0.467 e. The number of hydrogen-bond donors (Lipinski definition) is 2. The molecule has 2 N–H and O–H groups in total. The van der Waals surface area contributed by atoms with Gasteiger partial charge in [-0.1, -0.05) is 6.07 Å². The van der Waals surface area contributed by atoms with Crippen molar-refractivity contribution in [3.8, 4) is 0 Å². The summed E-state index contributed by atoms with van der Waals surface area (Å²) >= 11 is 0. The zero-order chi connectivity index (χ0) is 15.5. The number of aliphatic hydroxyl groups excluding tert-OH is 1. The molecule has 0 amide bonds. The van der Waals surface area contributed by atoms with Crippen LogP contribution in [0.4, 0.5) is 8.78 Å². The van der Waals surface area contributed by atoms with E-state index in [2.05, 4.69) is 4.72 Å². The van der Waals surface area contributed by atoms with Gasteiger partial charge in [0.05, 0.1) is 12.0 Å². The van der Waals surface area contributed by atoms with Crippen LogP contribution in [0.3, 0.4) is 0 Å². The SMILES string of the molecule is O=S(=O)(Cc1c(F)cccc1F)NCC(O)c1ccco1. The lowest BCUT2D eigenvalue weighted by molar-refractivity contribution is 0.154. The molecule has 114 valence electrons. The second kappa shape index (κ2) is 6.33. The summed E-state index contributed by atoms with van der Waals surface area (Å²) in [6.45, 7) is -0.355. The fraction of sp³-hybridized carbons (Fsp3) is 0.231. The van der Waals surface area contributed by atoms with E-state index in [0.717, 1.165) is 18.2 Å². The highest BCUT2D eigenvalue weighted by Gasteiger charge is 2.20. The number of benzene rings is 1. The second-order valence-electron chi connectivity index (χ2n) is 4.34. The molecule has 5 nitrogen and oxygen atoms in total. The average Bonchev–Trinajstić information content (AvgIpc) is 2.95. The minimum absolute atomic E-state index is 0.190. The Morgan fingerprint density at radius 1 is 1.19 bits per heavy atom. The predicted octanol–water partition coefficient (Wildman–Crippen LogP) is 1.71. The Balaban J connectivity index is 2.02. The van der Waals surface area contributed by atoms with Gasteiger partial charge in [0.15, 0.2) is 0 Å². The zero-order valence-electron chi connectivity index (χ0n) is 10.8. The van der Waals surface area contributed by atoms with Crippen LogP contribution in [-0.2, 0) is 15.8 Å². The van der Waals surface area contributed by atoms with E-state index in [4.69, 9.17) is 4.42 Å². The van der Waals surface area contributed by atoms with Crippen molar-refractivity contribution in [2.45, 2.75) is 11.9 Å². The third-order valence-electron chi connectivity index (χ3n) is 2.76. The van der Waals surface area contributed by atoms with Gasteiger partial charge < -0.3 is 9.52 Å². The van der Waals surface area contributed by atoms with Gasteiger partial charge in [0, 0.05) is 12.1 Å². The summed E-state index contributed by atoms with van der Waals surface area (Å²) in [5, 5.41) is 9.68. The summed E-state index contributed by atoms with van der Waals surface area (Å²) in [5.41, 5.74) is -0.544. The quantitative estimate of drug-likeness (QED) is 0.850. The maximum atomic E-state index is 13.4. The van der Waals surface area contributed by atoms with E-state index in [1.807, 2.05) is 0 Å². The lowest BCUT2D eigenvalue weighted by Gasteiger charge is -2.11. The molecule has 0 fully saturated rings. The van der Waals surface area contributed by atoms with Gasteiger partial charge in [0.1, 0.15) is 23.5 Å². The molecule has 0 aliphatic rings. The molecular formula is C13H13F2NO4S. The second-order valence-corrected chi connectivity index (χ2v) is 6.15. The summed E-state index contributed by atoms with van der Waals surface area (Å²) < 4.78 is 57.4. The molecule has 1 aromatic carbocycles. The van der Waals surface area contributed by atoms with Crippen molar-refractivity contribution < 1.29 is 26.7 Å². The molecule has 1 aromatic heterocycles. The van der Waals surface area contributed by atoms with Crippen LogP contribution in [-0.4, -0.2) is 20.1 Å². The number of aliphatic hydroxyl groups is 1. The van der Waals surface area contributed by atoms with Gasteiger partial charge in [-0.3, -0.25) is 0 Å². The molecule has 1 heterocycles. The monoisotopic (exact) mass is 317 g/mol. The number of nitrogens with one attached hydrogen (secondary N) is 1. The lowest BCUT2D eigenvalue weighted by Crippen LogP contribution is -2.30. The van der Waals surface area contributed by atoms with Crippen LogP contribution in [0.5, 0.6) is 0 Å². The van der Waals surface area contributed by atoms with Crippen LogP contribution in [0.1, 0.15) is 17.4 Å². The van der Waals surface area contributed by atoms with Gasteiger partial charge in [-0.2, -0.15) is 0 Å². The highest BCUT2D eigenvalue weighted by molar-refractivity contribution is 7.88. The highest BCUT2D eigenvalue weighted by Crippen LogP contribution is 2.16. The van der Waals surface area contributed by atoms with Crippen molar-refractivity contribution in [1.82, 2.24) is 4.72 Å². The van der Waals surface area contributed by atoms with Gasteiger partial charge in [-0.05, 0) is 24.3 Å². The van der Waals surface area contributed by atoms with E-state index in [0.29, 0.717) is 0 Å². The van der Waals surface area contributed by atoms with Crippen LogP contribution in [0, 0.1) is 11.6 Å². The Morgan fingerprint density at radius 2 is 1.86 bits per heavy atom. The number of rotatable bonds is 6. The molecule has 8 heteroatoms. The zero-order valence-corrected chi connectivity index (χ0v) is 11.6. The molecule has 2 rings (SSSR count). The molecule has 0 saturated heterocycles. The first-order valence-corrected chi connectivity index (χ1v) is 7.66. The van der Waals surface area contributed by atoms with E-state index in [9.17, 15) is 22.3 Å². The maximum Gasteiger partial charge on any atom is 0.216 e. The highest BCUT2D eigenvalue weighted by atomic mass is 32.2. The van der Waals surface area contributed by atoms with E-state index in [1.165, 1.54) is 12.3 Å². The third-order valence-corrected chi connectivity index (χ3v) is 4.04. The molecule has 1 atom stereocenters. The summed E-state index contributed by atoms with van der Waals surface area (Å²) in [6.07, 6.45) is 0.155. The Bertz CT molecular complexity index is 681. The van der Waals surface area contributed by atoms with Crippen LogP contribution >= 0.6 is 0 Å². The third kappa shape index (κ3) is 4.10. The van der Waals surface area contributed by atoms with Crippen molar-refractivity contribution in [3.05, 3.63) is 59.6 Å². The van der Waals surface area contributed by atoms with Crippen molar-refractivity contribution in [2.24, 2.45) is 0 Å². The molecular weight excluding hydrogens is 304 g/mol. The molecule has 2 aromatic rings. The number of sulfonamides is 1. The van der Waals surface area contributed by atoms with Gasteiger partial charge in [0.25, 0.3) is 0 Å². The van der Waals surface area contributed by atoms with Crippen molar-refractivity contribution in [2.75, 3.05) is 6.54 Å². The predicted molar refractivity (Wildman–Crippen MR) is 70.7 cm³/mol. The lowest BCUT2D eigenvalue weighted by atomic mass is 10.2. The smallest absolute Gasteiger partial charge is 0.216 e. The van der Waals surface area contributed by atoms with Crippen LogP contribution in [0.2, 0.25) is 0 Å². The summed E-state index contributed by atoms with van der Waals surface area (Å²) in [6, 6.07) is 6.13. The van der Waals surface area contributed by atoms with Crippen LogP contribution < -0.4 is 4.72 Å². The average molecular weight is 317 g/mol. The number of hydrogen-bond acceptors (Lipinski definition) is 4. The molecule has 0 saturated carbocycles. The van der Waals surface area contributed by atoms with E-state index in [-0.39, 0.29) is 12.3 Å². The molecule has 0 aliphatic carbocycles. The standard InChI is InChI=1S/C13H13F2NO4S/c14-10-3-1-4-11(15)9(10)8-21(18,19)16-7-12(17)13-5-2-6-20-13/h1-6,12,16-17H,7-8H2. The van der Waals surface area contributed by atoms with Crippen molar-refractivity contribution in [1.29, 1.82) is 0 Å². The summed E-state index contributed by atoms with van der Waals surface area (Å²) in [5.74, 6) is -2.54. The molecule has 0 bridgehead atoms. The fourth-order valence-corrected chi connectivity index (χ4v) is 2.87. The van der Waals surface area contributed by atoms with Gasteiger partial charge in [0.2, 0.25) is 10.0 Å². The molecule has 21 heavy (non-hydrogen) atoms. The summed E-state index contributed by atoms with van der Waals surface area (Å²) in [4.78, 5) is 0. The normalized spacial score (nSPS) is 13.3. The summed E-state index contributed by atoms with van der Waals surface area (Å²) in [7, 11) is -4.00. The van der Waals surface area contributed by atoms with Crippen LogP contribution in [0.25, 0.3) is 0 Å². The molecule has 0 aliphatic heterocycles. The van der Waals surface area contributed by atoms with Gasteiger partial charge in [-0.15, -0.1) is 0 Å². The maximum absolute atomic E-state index is 13.4. The van der Waals surface area contributed by atoms with E-state index >= 15 is 0 Å². The molecule has 1 unspecified atom stereocenters. The number of furan rings is 1. The van der Waals surface area contributed by atoms with E-state index in [1.54, 1.807) is 6.07 Å². The number of halogens is 2. The Hall–Kier alpha value is -1.77. The van der Waals surface area contributed by atoms with Crippen molar-refractivity contribution >= 4 is 10.0 Å². The minimum Gasteiger partial charge on any atom is -0.467 e. The van der Waals surface area contributed by atoms with Gasteiger partial charge >= 0.3 is 0 Å². The minimum atomic E-state index is -4.00. The molecule has 0 spiro atoms. The Morgan fingerprint density at radius 3 is 2.43 bits per heavy atom.